The van der Waals surface area contributed by atoms with Crippen molar-refractivity contribution in [2.24, 2.45) is 0 Å². The zero-order chi connectivity index (χ0) is 9.47. The molecule has 1 aliphatic rings. The highest BCUT2D eigenvalue weighted by molar-refractivity contribution is 5.34. The summed E-state index contributed by atoms with van der Waals surface area (Å²) in [6, 6.07) is 6.33. The van der Waals surface area contributed by atoms with Crippen molar-refractivity contribution in [1.82, 2.24) is 0 Å². The van der Waals surface area contributed by atoms with Gasteiger partial charge in [-0.05, 0) is 37.8 Å². The Hall–Kier alpha value is -0.850. The van der Waals surface area contributed by atoms with Crippen molar-refractivity contribution < 1.29 is 4.39 Å². The van der Waals surface area contributed by atoms with Gasteiger partial charge < -0.3 is 0 Å². The predicted octanol–water partition coefficient (Wildman–Crippen LogP) is 3.21. The third-order valence-electron chi connectivity index (χ3n) is 2.84. The standard InChI is InChI=1S/C12H15F/c1-9-3-4-11-8-12(2,13)6-5-10(11)7-9/h3-4,7H,5-6,8H2,1-2H3. The van der Waals surface area contributed by atoms with Crippen LogP contribution in [0, 0.1) is 6.92 Å². The maximum atomic E-state index is 13.7. The van der Waals surface area contributed by atoms with E-state index in [0.29, 0.717) is 12.8 Å². The fourth-order valence-corrected chi connectivity index (χ4v) is 2.04. The number of aryl methyl sites for hydroxylation is 2. The molecule has 0 fully saturated rings. The molecule has 0 N–H and O–H groups in total. The van der Waals surface area contributed by atoms with Crippen molar-refractivity contribution in [3.8, 4) is 0 Å². The highest BCUT2D eigenvalue weighted by Crippen LogP contribution is 2.31. The molecule has 1 aromatic carbocycles. The summed E-state index contributed by atoms with van der Waals surface area (Å²) in [6.45, 7) is 3.79. The van der Waals surface area contributed by atoms with Crippen LogP contribution in [0.15, 0.2) is 18.2 Å². The molecule has 1 aromatic rings. The molecule has 0 heterocycles. The number of halogens is 1. The van der Waals surface area contributed by atoms with E-state index in [2.05, 4.69) is 25.1 Å². The normalized spacial score (nSPS) is 27.0. The number of hydrogen-bond donors (Lipinski definition) is 0. The van der Waals surface area contributed by atoms with Crippen molar-refractivity contribution in [2.45, 2.75) is 38.8 Å². The lowest BCUT2D eigenvalue weighted by atomic mass is 9.82. The van der Waals surface area contributed by atoms with Crippen LogP contribution in [0.1, 0.15) is 30.0 Å². The maximum absolute atomic E-state index is 13.7. The number of benzene rings is 1. The largest absolute Gasteiger partial charge is 0.244 e. The molecule has 1 aliphatic carbocycles. The Kier molecular flexibility index (Phi) is 1.90. The van der Waals surface area contributed by atoms with Crippen molar-refractivity contribution in [1.29, 1.82) is 0 Å². The van der Waals surface area contributed by atoms with E-state index in [4.69, 9.17) is 0 Å². The molecule has 0 aliphatic heterocycles. The summed E-state index contributed by atoms with van der Waals surface area (Å²) in [5.41, 5.74) is 2.83. The van der Waals surface area contributed by atoms with Crippen molar-refractivity contribution in [3.63, 3.8) is 0 Å². The molecule has 0 saturated heterocycles. The minimum atomic E-state index is -0.984. The first-order valence-electron chi connectivity index (χ1n) is 4.84. The molecule has 13 heavy (non-hydrogen) atoms. The molecule has 0 spiro atoms. The average molecular weight is 178 g/mol. The summed E-state index contributed by atoms with van der Waals surface area (Å²) in [5.74, 6) is 0. The Morgan fingerprint density at radius 1 is 1.31 bits per heavy atom. The van der Waals surface area contributed by atoms with Gasteiger partial charge in [0, 0.05) is 6.42 Å². The van der Waals surface area contributed by atoms with Crippen molar-refractivity contribution in [3.05, 3.63) is 34.9 Å². The lowest BCUT2D eigenvalue weighted by molar-refractivity contribution is 0.166. The molecule has 0 aromatic heterocycles. The van der Waals surface area contributed by atoms with Crippen LogP contribution >= 0.6 is 0 Å². The topological polar surface area (TPSA) is 0 Å². The van der Waals surface area contributed by atoms with Crippen molar-refractivity contribution in [2.75, 3.05) is 0 Å². The molecule has 0 bridgehead atoms. The van der Waals surface area contributed by atoms with E-state index in [-0.39, 0.29) is 0 Å². The van der Waals surface area contributed by atoms with Crippen molar-refractivity contribution >= 4 is 0 Å². The quantitative estimate of drug-likeness (QED) is 0.572. The monoisotopic (exact) mass is 178 g/mol. The van der Waals surface area contributed by atoms with Crippen LogP contribution in [0.4, 0.5) is 4.39 Å². The molecule has 1 unspecified atom stereocenters. The van der Waals surface area contributed by atoms with Crippen LogP contribution in [0.2, 0.25) is 0 Å². The van der Waals surface area contributed by atoms with Gasteiger partial charge in [0.15, 0.2) is 0 Å². The number of hydrogen-bond acceptors (Lipinski definition) is 0. The van der Waals surface area contributed by atoms with Gasteiger partial charge in [-0.1, -0.05) is 23.8 Å². The zero-order valence-corrected chi connectivity index (χ0v) is 8.23. The molecule has 1 atom stereocenters. The van der Waals surface area contributed by atoms with Crippen LogP contribution in [0.3, 0.4) is 0 Å². The predicted molar refractivity (Wildman–Crippen MR) is 52.7 cm³/mol. The minimum Gasteiger partial charge on any atom is -0.244 e. The third-order valence-corrected chi connectivity index (χ3v) is 2.84. The lowest BCUT2D eigenvalue weighted by Gasteiger charge is -2.27. The zero-order valence-electron chi connectivity index (χ0n) is 8.23. The Morgan fingerprint density at radius 2 is 2.08 bits per heavy atom. The molecule has 0 nitrogen and oxygen atoms in total. The second kappa shape index (κ2) is 2.83. The van der Waals surface area contributed by atoms with Gasteiger partial charge in [0.1, 0.15) is 5.67 Å². The van der Waals surface area contributed by atoms with Gasteiger partial charge in [-0.15, -0.1) is 0 Å². The first-order valence-corrected chi connectivity index (χ1v) is 4.84. The average Bonchev–Trinajstić information content (AvgIpc) is 2.05. The Morgan fingerprint density at radius 3 is 2.85 bits per heavy atom. The Bertz CT molecular complexity index is 326. The van der Waals surface area contributed by atoms with Gasteiger partial charge in [0.05, 0.1) is 0 Å². The SMILES string of the molecule is Cc1ccc2c(c1)CCC(C)(F)C2. The van der Waals surface area contributed by atoms with E-state index in [0.717, 1.165) is 6.42 Å². The molecule has 0 saturated carbocycles. The second-order valence-corrected chi connectivity index (χ2v) is 4.36. The molecular formula is C12H15F. The van der Waals surface area contributed by atoms with Crippen LogP contribution in [0.25, 0.3) is 0 Å². The van der Waals surface area contributed by atoms with Crippen LogP contribution < -0.4 is 0 Å². The summed E-state index contributed by atoms with van der Waals surface area (Å²) in [6.07, 6.45) is 2.15. The van der Waals surface area contributed by atoms with Crippen LogP contribution in [-0.2, 0) is 12.8 Å². The van der Waals surface area contributed by atoms with E-state index >= 15 is 0 Å². The maximum Gasteiger partial charge on any atom is 0.112 e. The molecule has 0 amide bonds. The van der Waals surface area contributed by atoms with E-state index in [9.17, 15) is 4.39 Å². The summed E-state index contributed by atoms with van der Waals surface area (Å²) in [7, 11) is 0. The van der Waals surface area contributed by atoms with Gasteiger partial charge in [-0.2, -0.15) is 0 Å². The van der Waals surface area contributed by atoms with E-state index in [1.165, 1.54) is 16.7 Å². The van der Waals surface area contributed by atoms with Gasteiger partial charge in [-0.3, -0.25) is 0 Å². The first-order chi connectivity index (χ1) is 6.07. The second-order valence-electron chi connectivity index (χ2n) is 4.36. The number of alkyl halides is 1. The van der Waals surface area contributed by atoms with E-state index in [1.807, 2.05) is 0 Å². The highest BCUT2D eigenvalue weighted by atomic mass is 19.1. The summed E-state index contributed by atoms with van der Waals surface area (Å²) >= 11 is 0. The van der Waals surface area contributed by atoms with Crippen LogP contribution in [0.5, 0.6) is 0 Å². The van der Waals surface area contributed by atoms with Gasteiger partial charge in [0.25, 0.3) is 0 Å². The molecule has 1 heteroatoms. The number of fused-ring (bicyclic) bond motifs is 1. The first kappa shape index (κ1) is 8.74. The Balaban J connectivity index is 2.37. The van der Waals surface area contributed by atoms with Gasteiger partial charge in [0.2, 0.25) is 0 Å². The summed E-state index contributed by atoms with van der Waals surface area (Å²) < 4.78 is 13.7. The molecule has 70 valence electrons. The summed E-state index contributed by atoms with van der Waals surface area (Å²) in [5, 5.41) is 0. The van der Waals surface area contributed by atoms with Crippen LogP contribution in [-0.4, -0.2) is 5.67 Å². The third kappa shape index (κ3) is 1.74. The highest BCUT2D eigenvalue weighted by Gasteiger charge is 2.28. The fourth-order valence-electron chi connectivity index (χ4n) is 2.04. The Labute approximate surface area is 78.8 Å². The smallest absolute Gasteiger partial charge is 0.112 e. The molecule has 2 rings (SSSR count). The number of rotatable bonds is 0. The summed E-state index contributed by atoms with van der Waals surface area (Å²) in [4.78, 5) is 0. The van der Waals surface area contributed by atoms with E-state index < -0.39 is 5.67 Å². The lowest BCUT2D eigenvalue weighted by Crippen LogP contribution is -2.27. The van der Waals surface area contributed by atoms with Gasteiger partial charge >= 0.3 is 0 Å². The van der Waals surface area contributed by atoms with E-state index in [1.54, 1.807) is 6.92 Å². The minimum absolute atomic E-state index is 0.586. The molecular weight excluding hydrogens is 163 g/mol. The van der Waals surface area contributed by atoms with Gasteiger partial charge in [-0.25, -0.2) is 4.39 Å². The fraction of sp³-hybridized carbons (Fsp3) is 0.500. The molecule has 0 radical (unpaired) electrons.